The van der Waals surface area contributed by atoms with Crippen LogP contribution in [0.3, 0.4) is 0 Å². The van der Waals surface area contributed by atoms with Crippen LogP contribution in [0.25, 0.3) is 0 Å². The summed E-state index contributed by atoms with van der Waals surface area (Å²) in [6.07, 6.45) is 10.2. The molecule has 2 aliphatic carbocycles. The normalized spacial score (nSPS) is 19.1. The SMILES string of the molecule is CCCN(CCO)CC(=O)N(C1=CCCCC1)C1CC1. The molecule has 4 heteroatoms. The number of aliphatic hydroxyl groups excluding tert-OH is 1. The van der Waals surface area contributed by atoms with Crippen molar-refractivity contribution >= 4 is 5.91 Å². The molecule has 0 aromatic heterocycles. The summed E-state index contributed by atoms with van der Waals surface area (Å²) in [6, 6.07) is 0.449. The maximum absolute atomic E-state index is 12.6. The number of rotatable bonds is 8. The van der Waals surface area contributed by atoms with Gasteiger partial charge < -0.3 is 10.0 Å². The Morgan fingerprint density at radius 1 is 1.35 bits per heavy atom. The lowest BCUT2D eigenvalue weighted by Crippen LogP contribution is -2.42. The van der Waals surface area contributed by atoms with Crippen molar-refractivity contribution in [3.63, 3.8) is 0 Å². The molecule has 1 amide bonds. The standard InChI is InChI=1S/C16H28N2O2/c1-2-10-17(11-12-19)13-16(20)18(15-8-9-15)14-6-4-3-5-7-14/h6,15,19H,2-5,7-13H2,1H3. The van der Waals surface area contributed by atoms with E-state index in [0.717, 1.165) is 38.6 Å². The number of allylic oxidation sites excluding steroid dienone is 2. The van der Waals surface area contributed by atoms with Crippen LogP contribution in [-0.4, -0.2) is 53.1 Å². The molecule has 0 radical (unpaired) electrons. The molecule has 1 saturated carbocycles. The van der Waals surface area contributed by atoms with Gasteiger partial charge in [-0.25, -0.2) is 0 Å². The number of hydrogen-bond acceptors (Lipinski definition) is 3. The van der Waals surface area contributed by atoms with Gasteiger partial charge in [0.05, 0.1) is 13.2 Å². The minimum Gasteiger partial charge on any atom is -0.395 e. The second-order valence-electron chi connectivity index (χ2n) is 5.94. The number of nitrogens with zero attached hydrogens (tertiary/aromatic N) is 2. The van der Waals surface area contributed by atoms with Crippen molar-refractivity contribution in [2.45, 2.75) is 57.9 Å². The maximum Gasteiger partial charge on any atom is 0.241 e. The average molecular weight is 280 g/mol. The fourth-order valence-electron chi connectivity index (χ4n) is 2.97. The van der Waals surface area contributed by atoms with Gasteiger partial charge in [-0.1, -0.05) is 13.0 Å². The quantitative estimate of drug-likeness (QED) is 0.741. The van der Waals surface area contributed by atoms with E-state index in [2.05, 4.69) is 22.8 Å². The lowest BCUT2D eigenvalue weighted by Gasteiger charge is -2.30. The number of carbonyl (C=O) groups excluding carboxylic acids is 1. The first-order valence-electron chi connectivity index (χ1n) is 8.10. The minimum absolute atomic E-state index is 0.124. The number of carbonyl (C=O) groups is 1. The summed E-state index contributed by atoms with van der Waals surface area (Å²) in [5.74, 6) is 0.225. The zero-order chi connectivity index (χ0) is 14.4. The molecule has 0 aliphatic heterocycles. The van der Waals surface area contributed by atoms with Gasteiger partial charge in [-0.05, 0) is 51.5 Å². The maximum atomic E-state index is 12.6. The molecule has 0 spiro atoms. The third-order valence-electron chi connectivity index (χ3n) is 4.07. The van der Waals surface area contributed by atoms with Gasteiger partial charge in [-0.15, -0.1) is 0 Å². The predicted molar refractivity (Wildman–Crippen MR) is 80.2 cm³/mol. The summed E-state index contributed by atoms with van der Waals surface area (Å²) in [4.78, 5) is 16.8. The Balaban J connectivity index is 1.97. The van der Waals surface area contributed by atoms with Crippen LogP contribution in [0.15, 0.2) is 11.8 Å². The number of hydrogen-bond donors (Lipinski definition) is 1. The van der Waals surface area contributed by atoms with Crippen molar-refractivity contribution in [1.82, 2.24) is 9.80 Å². The Hall–Kier alpha value is -0.870. The lowest BCUT2D eigenvalue weighted by molar-refractivity contribution is -0.131. The van der Waals surface area contributed by atoms with Crippen molar-refractivity contribution in [2.24, 2.45) is 0 Å². The van der Waals surface area contributed by atoms with Crippen LogP contribution in [0.2, 0.25) is 0 Å². The van der Waals surface area contributed by atoms with Crippen LogP contribution in [0.5, 0.6) is 0 Å². The van der Waals surface area contributed by atoms with Crippen molar-refractivity contribution in [3.8, 4) is 0 Å². The molecular formula is C16H28N2O2. The molecule has 2 rings (SSSR count). The molecular weight excluding hydrogens is 252 g/mol. The Labute approximate surface area is 122 Å². The molecule has 0 atom stereocenters. The van der Waals surface area contributed by atoms with Crippen molar-refractivity contribution in [1.29, 1.82) is 0 Å². The van der Waals surface area contributed by atoms with Gasteiger partial charge >= 0.3 is 0 Å². The summed E-state index contributed by atoms with van der Waals surface area (Å²) < 4.78 is 0. The Morgan fingerprint density at radius 3 is 2.70 bits per heavy atom. The van der Waals surface area contributed by atoms with Gasteiger partial charge in [0.25, 0.3) is 0 Å². The fraction of sp³-hybridized carbons (Fsp3) is 0.812. The molecule has 0 saturated heterocycles. The monoisotopic (exact) mass is 280 g/mol. The molecule has 1 fully saturated rings. The highest BCUT2D eigenvalue weighted by molar-refractivity contribution is 5.80. The summed E-state index contributed by atoms with van der Waals surface area (Å²) >= 11 is 0. The van der Waals surface area contributed by atoms with E-state index in [0.29, 0.717) is 19.1 Å². The molecule has 114 valence electrons. The second kappa shape index (κ2) is 7.79. The van der Waals surface area contributed by atoms with Crippen LogP contribution in [0.4, 0.5) is 0 Å². The van der Waals surface area contributed by atoms with Gasteiger partial charge in [0, 0.05) is 18.3 Å². The van der Waals surface area contributed by atoms with E-state index < -0.39 is 0 Å². The second-order valence-corrected chi connectivity index (χ2v) is 5.94. The average Bonchev–Trinajstić information content (AvgIpc) is 3.25. The molecule has 0 aromatic carbocycles. The lowest BCUT2D eigenvalue weighted by atomic mass is 10.0. The zero-order valence-corrected chi connectivity index (χ0v) is 12.7. The highest BCUT2D eigenvalue weighted by Gasteiger charge is 2.35. The van der Waals surface area contributed by atoms with E-state index >= 15 is 0 Å². The smallest absolute Gasteiger partial charge is 0.241 e. The van der Waals surface area contributed by atoms with E-state index in [9.17, 15) is 4.79 Å². The van der Waals surface area contributed by atoms with Crippen molar-refractivity contribution in [2.75, 3.05) is 26.2 Å². The molecule has 0 unspecified atom stereocenters. The third kappa shape index (κ3) is 4.32. The van der Waals surface area contributed by atoms with Crippen molar-refractivity contribution < 1.29 is 9.90 Å². The first kappa shape index (κ1) is 15.5. The molecule has 1 N–H and O–H groups in total. The number of amides is 1. The van der Waals surface area contributed by atoms with E-state index in [1.54, 1.807) is 0 Å². The van der Waals surface area contributed by atoms with Gasteiger partial charge in [0.2, 0.25) is 5.91 Å². The van der Waals surface area contributed by atoms with Gasteiger partial charge in [0.15, 0.2) is 0 Å². The summed E-state index contributed by atoms with van der Waals surface area (Å²) in [6.45, 7) is 4.15. The minimum atomic E-state index is 0.124. The molecule has 0 aromatic rings. The predicted octanol–water partition coefficient (Wildman–Crippen LogP) is 2.14. The van der Waals surface area contributed by atoms with Crippen LogP contribution in [0, 0.1) is 0 Å². The Bertz CT molecular complexity index is 344. The molecule has 2 aliphatic rings. The van der Waals surface area contributed by atoms with Crippen LogP contribution in [-0.2, 0) is 4.79 Å². The van der Waals surface area contributed by atoms with Crippen molar-refractivity contribution in [3.05, 3.63) is 11.8 Å². The first-order valence-corrected chi connectivity index (χ1v) is 8.10. The largest absolute Gasteiger partial charge is 0.395 e. The van der Waals surface area contributed by atoms with Crippen LogP contribution in [0.1, 0.15) is 51.9 Å². The first-order chi connectivity index (χ1) is 9.76. The zero-order valence-electron chi connectivity index (χ0n) is 12.7. The molecule has 0 bridgehead atoms. The van der Waals surface area contributed by atoms with E-state index in [-0.39, 0.29) is 12.5 Å². The Morgan fingerprint density at radius 2 is 2.15 bits per heavy atom. The molecule has 20 heavy (non-hydrogen) atoms. The van der Waals surface area contributed by atoms with Gasteiger partial charge in [-0.2, -0.15) is 0 Å². The fourth-order valence-corrected chi connectivity index (χ4v) is 2.97. The van der Waals surface area contributed by atoms with Gasteiger partial charge in [-0.3, -0.25) is 9.69 Å². The summed E-state index contributed by atoms with van der Waals surface area (Å²) in [7, 11) is 0. The van der Waals surface area contributed by atoms with E-state index in [1.165, 1.54) is 18.5 Å². The molecule has 0 heterocycles. The van der Waals surface area contributed by atoms with E-state index in [1.807, 2.05) is 0 Å². The van der Waals surface area contributed by atoms with E-state index in [4.69, 9.17) is 5.11 Å². The van der Waals surface area contributed by atoms with Gasteiger partial charge in [0.1, 0.15) is 0 Å². The molecule has 4 nitrogen and oxygen atoms in total. The third-order valence-corrected chi connectivity index (χ3v) is 4.07. The highest BCUT2D eigenvalue weighted by Crippen LogP contribution is 2.33. The van der Waals surface area contributed by atoms with Crippen LogP contribution >= 0.6 is 0 Å². The summed E-state index contributed by atoms with van der Waals surface area (Å²) in [5.41, 5.74) is 1.25. The Kier molecular flexibility index (Phi) is 6.05. The summed E-state index contributed by atoms with van der Waals surface area (Å²) in [5, 5.41) is 9.11. The van der Waals surface area contributed by atoms with Crippen LogP contribution < -0.4 is 0 Å². The number of aliphatic hydroxyl groups is 1. The topological polar surface area (TPSA) is 43.8 Å². The highest BCUT2D eigenvalue weighted by atomic mass is 16.3.